The molecule has 2 rings (SSSR count). The van der Waals surface area contributed by atoms with Gasteiger partial charge in [0.25, 0.3) is 0 Å². The summed E-state index contributed by atoms with van der Waals surface area (Å²) in [5, 5.41) is 3.61. The van der Waals surface area contributed by atoms with Crippen LogP contribution in [-0.2, 0) is 13.6 Å². The predicted molar refractivity (Wildman–Crippen MR) is 68.2 cm³/mol. The normalized spacial score (nSPS) is 25.9. The van der Waals surface area contributed by atoms with E-state index in [2.05, 4.69) is 42.2 Å². The van der Waals surface area contributed by atoms with E-state index in [0.29, 0.717) is 0 Å². The van der Waals surface area contributed by atoms with E-state index in [4.69, 9.17) is 0 Å². The van der Waals surface area contributed by atoms with Crippen LogP contribution in [-0.4, -0.2) is 11.1 Å². The lowest BCUT2D eigenvalue weighted by Crippen LogP contribution is -2.29. The van der Waals surface area contributed by atoms with Gasteiger partial charge in [-0.1, -0.05) is 26.2 Å². The van der Waals surface area contributed by atoms with Crippen LogP contribution in [0, 0.1) is 11.8 Å². The molecule has 0 aromatic carbocycles. The zero-order chi connectivity index (χ0) is 11.4. The Labute approximate surface area is 99.0 Å². The predicted octanol–water partition coefficient (Wildman–Crippen LogP) is 2.94. The van der Waals surface area contributed by atoms with Gasteiger partial charge < -0.3 is 9.88 Å². The molecule has 2 atom stereocenters. The third kappa shape index (κ3) is 2.88. The SMILES string of the molecule is CC1CCCCC1CNCc1cccn1C. The van der Waals surface area contributed by atoms with E-state index in [-0.39, 0.29) is 0 Å². The van der Waals surface area contributed by atoms with Crippen molar-refractivity contribution < 1.29 is 0 Å². The standard InChI is InChI=1S/C14H24N2/c1-12-6-3-4-7-13(12)10-15-11-14-8-5-9-16(14)2/h5,8-9,12-13,15H,3-4,6-7,10-11H2,1-2H3. The number of nitrogens with one attached hydrogen (secondary N) is 1. The number of rotatable bonds is 4. The lowest BCUT2D eigenvalue weighted by Gasteiger charge is -2.28. The van der Waals surface area contributed by atoms with E-state index in [9.17, 15) is 0 Å². The van der Waals surface area contributed by atoms with Crippen molar-refractivity contribution in [1.29, 1.82) is 0 Å². The fraction of sp³-hybridized carbons (Fsp3) is 0.714. The number of hydrogen-bond donors (Lipinski definition) is 1. The molecule has 1 saturated carbocycles. The van der Waals surface area contributed by atoms with E-state index in [1.165, 1.54) is 37.9 Å². The summed E-state index contributed by atoms with van der Waals surface area (Å²) in [7, 11) is 2.11. The number of hydrogen-bond acceptors (Lipinski definition) is 1. The van der Waals surface area contributed by atoms with Gasteiger partial charge in [-0.05, 0) is 36.9 Å². The van der Waals surface area contributed by atoms with Crippen molar-refractivity contribution in [2.24, 2.45) is 18.9 Å². The Hall–Kier alpha value is -0.760. The van der Waals surface area contributed by atoms with Gasteiger partial charge >= 0.3 is 0 Å². The Kier molecular flexibility index (Phi) is 4.05. The second-order valence-electron chi connectivity index (χ2n) is 5.26. The topological polar surface area (TPSA) is 17.0 Å². The second kappa shape index (κ2) is 5.53. The molecule has 0 saturated heterocycles. The highest BCUT2D eigenvalue weighted by atomic mass is 15.0. The van der Waals surface area contributed by atoms with Gasteiger partial charge in [-0.25, -0.2) is 0 Å². The molecule has 0 aliphatic heterocycles. The van der Waals surface area contributed by atoms with Gasteiger partial charge in [-0.3, -0.25) is 0 Å². The molecule has 90 valence electrons. The van der Waals surface area contributed by atoms with Crippen LogP contribution in [0.25, 0.3) is 0 Å². The van der Waals surface area contributed by atoms with Crippen LogP contribution in [0.2, 0.25) is 0 Å². The van der Waals surface area contributed by atoms with Crippen molar-refractivity contribution in [1.82, 2.24) is 9.88 Å². The van der Waals surface area contributed by atoms with Gasteiger partial charge in [0.05, 0.1) is 0 Å². The maximum Gasteiger partial charge on any atom is 0.0359 e. The Bertz CT molecular complexity index is 316. The molecule has 1 aromatic rings. The highest BCUT2D eigenvalue weighted by molar-refractivity contribution is 5.05. The molecule has 0 bridgehead atoms. The summed E-state index contributed by atoms with van der Waals surface area (Å²) in [6.45, 7) is 4.60. The van der Waals surface area contributed by atoms with Crippen LogP contribution in [0.15, 0.2) is 18.3 Å². The molecule has 1 fully saturated rings. The molecular formula is C14H24N2. The molecule has 2 nitrogen and oxygen atoms in total. The fourth-order valence-electron chi connectivity index (χ4n) is 2.76. The third-order valence-corrected chi connectivity index (χ3v) is 4.05. The first-order chi connectivity index (χ1) is 7.77. The fourth-order valence-corrected chi connectivity index (χ4v) is 2.76. The van der Waals surface area contributed by atoms with Gasteiger partial charge in [0, 0.05) is 25.5 Å². The van der Waals surface area contributed by atoms with E-state index < -0.39 is 0 Å². The van der Waals surface area contributed by atoms with Crippen LogP contribution in [0.5, 0.6) is 0 Å². The number of aromatic nitrogens is 1. The first-order valence-corrected chi connectivity index (χ1v) is 6.58. The van der Waals surface area contributed by atoms with E-state index in [1.807, 2.05) is 0 Å². The minimum atomic E-state index is 0.897. The van der Waals surface area contributed by atoms with Crippen molar-refractivity contribution in [3.63, 3.8) is 0 Å². The van der Waals surface area contributed by atoms with Gasteiger partial charge in [-0.2, -0.15) is 0 Å². The lowest BCUT2D eigenvalue weighted by atomic mass is 9.80. The van der Waals surface area contributed by atoms with Crippen molar-refractivity contribution in [3.8, 4) is 0 Å². The monoisotopic (exact) mass is 220 g/mol. The zero-order valence-electron chi connectivity index (χ0n) is 10.6. The summed E-state index contributed by atoms with van der Waals surface area (Å²) in [6, 6.07) is 4.30. The van der Waals surface area contributed by atoms with Crippen molar-refractivity contribution >= 4 is 0 Å². The van der Waals surface area contributed by atoms with Gasteiger partial charge in [0.2, 0.25) is 0 Å². The third-order valence-electron chi connectivity index (χ3n) is 4.05. The second-order valence-corrected chi connectivity index (χ2v) is 5.26. The molecule has 1 N–H and O–H groups in total. The molecule has 0 radical (unpaired) electrons. The Morgan fingerprint density at radius 1 is 1.38 bits per heavy atom. The number of nitrogens with zero attached hydrogens (tertiary/aromatic N) is 1. The average Bonchev–Trinajstić information content (AvgIpc) is 2.67. The minimum absolute atomic E-state index is 0.897. The molecule has 1 aromatic heterocycles. The zero-order valence-corrected chi connectivity index (χ0v) is 10.6. The van der Waals surface area contributed by atoms with Crippen LogP contribution < -0.4 is 5.32 Å². The highest BCUT2D eigenvalue weighted by Gasteiger charge is 2.20. The van der Waals surface area contributed by atoms with E-state index in [0.717, 1.165) is 18.4 Å². The lowest BCUT2D eigenvalue weighted by molar-refractivity contribution is 0.247. The van der Waals surface area contributed by atoms with Gasteiger partial charge in [0.15, 0.2) is 0 Å². The maximum atomic E-state index is 3.61. The first kappa shape index (κ1) is 11.7. The molecule has 2 heteroatoms. The van der Waals surface area contributed by atoms with Crippen LogP contribution >= 0.6 is 0 Å². The van der Waals surface area contributed by atoms with Crippen molar-refractivity contribution in [3.05, 3.63) is 24.0 Å². The first-order valence-electron chi connectivity index (χ1n) is 6.58. The molecule has 16 heavy (non-hydrogen) atoms. The van der Waals surface area contributed by atoms with Crippen molar-refractivity contribution in [2.75, 3.05) is 6.54 Å². The van der Waals surface area contributed by atoms with Crippen molar-refractivity contribution in [2.45, 2.75) is 39.2 Å². The molecule has 1 aliphatic carbocycles. The Balaban J connectivity index is 1.73. The van der Waals surface area contributed by atoms with Crippen LogP contribution in [0.4, 0.5) is 0 Å². The smallest absolute Gasteiger partial charge is 0.0359 e. The summed E-state index contributed by atoms with van der Waals surface area (Å²) in [6.07, 6.45) is 7.83. The summed E-state index contributed by atoms with van der Waals surface area (Å²) < 4.78 is 2.19. The molecule has 1 aliphatic rings. The molecule has 0 amide bonds. The quantitative estimate of drug-likeness (QED) is 0.825. The molecule has 2 unspecified atom stereocenters. The Morgan fingerprint density at radius 2 is 2.19 bits per heavy atom. The maximum absolute atomic E-state index is 3.61. The molecular weight excluding hydrogens is 196 g/mol. The van der Waals surface area contributed by atoms with Gasteiger partial charge in [0.1, 0.15) is 0 Å². The van der Waals surface area contributed by atoms with Crippen LogP contribution in [0.3, 0.4) is 0 Å². The highest BCUT2D eigenvalue weighted by Crippen LogP contribution is 2.28. The van der Waals surface area contributed by atoms with Gasteiger partial charge in [-0.15, -0.1) is 0 Å². The molecule has 0 spiro atoms. The summed E-state index contributed by atoms with van der Waals surface area (Å²) in [5.74, 6) is 1.81. The molecule has 1 heterocycles. The average molecular weight is 220 g/mol. The minimum Gasteiger partial charge on any atom is -0.353 e. The largest absolute Gasteiger partial charge is 0.353 e. The Morgan fingerprint density at radius 3 is 2.88 bits per heavy atom. The van der Waals surface area contributed by atoms with E-state index >= 15 is 0 Å². The van der Waals surface area contributed by atoms with Crippen LogP contribution in [0.1, 0.15) is 38.3 Å². The summed E-state index contributed by atoms with van der Waals surface area (Å²) >= 11 is 0. The summed E-state index contributed by atoms with van der Waals surface area (Å²) in [5.41, 5.74) is 1.38. The van der Waals surface area contributed by atoms with E-state index in [1.54, 1.807) is 0 Å². The summed E-state index contributed by atoms with van der Waals surface area (Å²) in [4.78, 5) is 0. The number of aryl methyl sites for hydroxylation is 1.